The summed E-state index contributed by atoms with van der Waals surface area (Å²) < 4.78 is 10.8. The van der Waals surface area contributed by atoms with E-state index in [9.17, 15) is 0 Å². The molecule has 0 radical (unpaired) electrons. The first-order valence-electron chi connectivity index (χ1n) is 6.38. The third-order valence-electron chi connectivity index (χ3n) is 3.28. The highest BCUT2D eigenvalue weighted by molar-refractivity contribution is 5.85. The lowest BCUT2D eigenvalue weighted by Gasteiger charge is -2.32. The molecule has 0 saturated carbocycles. The van der Waals surface area contributed by atoms with Gasteiger partial charge < -0.3 is 15.2 Å². The summed E-state index contributed by atoms with van der Waals surface area (Å²) in [5.41, 5.74) is 7.33. The molecule has 2 N–H and O–H groups in total. The molecule has 0 bridgehead atoms. The molecule has 1 aromatic carbocycles. The number of ether oxygens (including phenoxy) is 2. The van der Waals surface area contributed by atoms with Gasteiger partial charge in [0.2, 0.25) is 0 Å². The van der Waals surface area contributed by atoms with Gasteiger partial charge in [-0.05, 0) is 17.7 Å². The minimum Gasteiger partial charge on any atom is -0.495 e. The summed E-state index contributed by atoms with van der Waals surface area (Å²) in [6, 6.07) is 7.81. The number of rotatable bonds is 4. The normalized spacial score (nSPS) is 18.9. The molecular weight excluding hydrogens is 278 g/mol. The second-order valence-corrected chi connectivity index (χ2v) is 4.61. The van der Waals surface area contributed by atoms with E-state index < -0.39 is 0 Å². The number of nitrogens with two attached hydrogens (primary N) is 1. The molecule has 6 heteroatoms. The predicted octanol–water partition coefficient (Wildman–Crippen LogP) is 1.15. The summed E-state index contributed by atoms with van der Waals surface area (Å²) in [5, 5.41) is 8.96. The molecule has 110 valence electrons. The van der Waals surface area contributed by atoms with E-state index in [1.54, 1.807) is 13.2 Å². The Balaban J connectivity index is 0.00000200. The van der Waals surface area contributed by atoms with Crippen LogP contribution < -0.4 is 10.5 Å². The Morgan fingerprint density at radius 2 is 2.35 bits per heavy atom. The van der Waals surface area contributed by atoms with E-state index in [2.05, 4.69) is 11.0 Å². The van der Waals surface area contributed by atoms with Crippen LogP contribution in [0.15, 0.2) is 18.2 Å². The minimum absolute atomic E-state index is 0. The lowest BCUT2D eigenvalue weighted by Crippen LogP contribution is -2.45. The second kappa shape index (κ2) is 8.08. The highest BCUT2D eigenvalue weighted by Gasteiger charge is 2.19. The lowest BCUT2D eigenvalue weighted by molar-refractivity contribution is -0.0260. The SMILES string of the molecule is COc1cc(CN2CCOC(CN)C2)ccc1C#N.Cl. The molecule has 1 fully saturated rings. The molecule has 20 heavy (non-hydrogen) atoms. The number of halogens is 1. The van der Waals surface area contributed by atoms with Gasteiger partial charge in [0.15, 0.2) is 0 Å². The molecule has 0 amide bonds. The van der Waals surface area contributed by atoms with Crippen molar-refractivity contribution in [2.75, 3.05) is 33.4 Å². The van der Waals surface area contributed by atoms with E-state index in [0.29, 0.717) is 17.9 Å². The van der Waals surface area contributed by atoms with Crippen molar-refractivity contribution in [1.82, 2.24) is 4.90 Å². The molecule has 1 aliphatic rings. The predicted molar refractivity (Wildman–Crippen MR) is 79.0 cm³/mol. The van der Waals surface area contributed by atoms with Crippen molar-refractivity contribution in [3.8, 4) is 11.8 Å². The zero-order chi connectivity index (χ0) is 13.7. The van der Waals surface area contributed by atoms with Crippen LogP contribution in [-0.4, -0.2) is 44.4 Å². The standard InChI is InChI=1S/C14H19N3O2.ClH/c1-18-14-6-11(2-3-12(14)7-15)9-17-4-5-19-13(8-16)10-17;/h2-3,6,13H,4-5,8-10,16H2,1H3;1H. The largest absolute Gasteiger partial charge is 0.495 e. The van der Waals surface area contributed by atoms with Gasteiger partial charge in [-0.15, -0.1) is 12.4 Å². The Kier molecular flexibility index (Phi) is 6.76. The second-order valence-electron chi connectivity index (χ2n) is 4.61. The number of morpholine rings is 1. The van der Waals surface area contributed by atoms with Crippen LogP contribution in [0.25, 0.3) is 0 Å². The Morgan fingerprint density at radius 3 is 3.00 bits per heavy atom. The van der Waals surface area contributed by atoms with Gasteiger partial charge in [0.05, 0.1) is 25.4 Å². The summed E-state index contributed by atoms with van der Waals surface area (Å²) in [6.45, 7) is 3.84. The summed E-state index contributed by atoms with van der Waals surface area (Å²) in [5.74, 6) is 0.628. The summed E-state index contributed by atoms with van der Waals surface area (Å²) in [4.78, 5) is 2.31. The zero-order valence-corrected chi connectivity index (χ0v) is 12.4. The maximum absolute atomic E-state index is 8.96. The first-order valence-corrected chi connectivity index (χ1v) is 6.38. The smallest absolute Gasteiger partial charge is 0.136 e. The van der Waals surface area contributed by atoms with Gasteiger partial charge >= 0.3 is 0 Å². The van der Waals surface area contributed by atoms with Crippen molar-refractivity contribution in [1.29, 1.82) is 5.26 Å². The highest BCUT2D eigenvalue weighted by Crippen LogP contribution is 2.20. The third-order valence-corrected chi connectivity index (χ3v) is 3.28. The van der Waals surface area contributed by atoms with E-state index in [1.165, 1.54) is 0 Å². The molecule has 1 saturated heterocycles. The highest BCUT2D eigenvalue weighted by atomic mass is 35.5. The fraction of sp³-hybridized carbons (Fsp3) is 0.500. The van der Waals surface area contributed by atoms with Crippen LogP contribution in [0.3, 0.4) is 0 Å². The maximum Gasteiger partial charge on any atom is 0.136 e. The molecule has 1 heterocycles. The Bertz CT molecular complexity index is 476. The number of hydrogen-bond donors (Lipinski definition) is 1. The van der Waals surface area contributed by atoms with Crippen LogP contribution >= 0.6 is 12.4 Å². The number of methoxy groups -OCH3 is 1. The van der Waals surface area contributed by atoms with Crippen molar-refractivity contribution in [2.45, 2.75) is 12.6 Å². The number of benzene rings is 1. The van der Waals surface area contributed by atoms with E-state index in [0.717, 1.165) is 31.8 Å². The summed E-state index contributed by atoms with van der Waals surface area (Å²) in [7, 11) is 1.58. The molecule has 0 aromatic heterocycles. The van der Waals surface area contributed by atoms with Gasteiger partial charge in [0.1, 0.15) is 11.8 Å². The quantitative estimate of drug-likeness (QED) is 0.902. The molecule has 0 aliphatic carbocycles. The molecule has 1 aliphatic heterocycles. The molecule has 1 unspecified atom stereocenters. The van der Waals surface area contributed by atoms with E-state index in [1.807, 2.05) is 12.1 Å². The first kappa shape index (κ1) is 16.7. The van der Waals surface area contributed by atoms with Crippen LogP contribution in [0.1, 0.15) is 11.1 Å². The van der Waals surface area contributed by atoms with Crippen molar-refractivity contribution >= 4 is 12.4 Å². The lowest BCUT2D eigenvalue weighted by atomic mass is 10.1. The van der Waals surface area contributed by atoms with Crippen molar-refractivity contribution in [2.24, 2.45) is 5.73 Å². The molecular formula is C14H20ClN3O2. The van der Waals surface area contributed by atoms with Crippen molar-refractivity contribution in [3.63, 3.8) is 0 Å². The molecule has 2 rings (SSSR count). The van der Waals surface area contributed by atoms with Crippen molar-refractivity contribution in [3.05, 3.63) is 29.3 Å². The zero-order valence-electron chi connectivity index (χ0n) is 11.5. The topological polar surface area (TPSA) is 71.5 Å². The van der Waals surface area contributed by atoms with Crippen LogP contribution in [-0.2, 0) is 11.3 Å². The van der Waals surface area contributed by atoms with Crippen molar-refractivity contribution < 1.29 is 9.47 Å². The fourth-order valence-corrected chi connectivity index (χ4v) is 2.25. The van der Waals surface area contributed by atoms with Crippen LogP contribution in [0, 0.1) is 11.3 Å². The Hall–Kier alpha value is -1.32. The van der Waals surface area contributed by atoms with Gasteiger partial charge in [-0.1, -0.05) is 6.07 Å². The monoisotopic (exact) mass is 297 g/mol. The third kappa shape index (κ3) is 4.09. The maximum atomic E-state index is 8.96. The minimum atomic E-state index is 0. The van der Waals surface area contributed by atoms with Gasteiger partial charge in [-0.3, -0.25) is 4.90 Å². The molecule has 5 nitrogen and oxygen atoms in total. The first-order chi connectivity index (χ1) is 9.26. The number of nitriles is 1. The molecule has 0 spiro atoms. The van der Waals surface area contributed by atoms with Crippen LogP contribution in [0.2, 0.25) is 0 Å². The van der Waals surface area contributed by atoms with Gasteiger partial charge in [-0.25, -0.2) is 0 Å². The molecule has 1 atom stereocenters. The van der Waals surface area contributed by atoms with E-state index in [4.69, 9.17) is 20.5 Å². The van der Waals surface area contributed by atoms with Crippen LogP contribution in [0.5, 0.6) is 5.75 Å². The Labute approximate surface area is 125 Å². The van der Waals surface area contributed by atoms with Crippen LogP contribution in [0.4, 0.5) is 0 Å². The number of hydrogen-bond acceptors (Lipinski definition) is 5. The summed E-state index contributed by atoms with van der Waals surface area (Å²) in [6.07, 6.45) is 0.119. The summed E-state index contributed by atoms with van der Waals surface area (Å²) >= 11 is 0. The van der Waals surface area contributed by atoms with E-state index >= 15 is 0 Å². The van der Waals surface area contributed by atoms with Gasteiger partial charge in [0.25, 0.3) is 0 Å². The average molecular weight is 298 g/mol. The van der Waals surface area contributed by atoms with Gasteiger partial charge in [0, 0.05) is 26.2 Å². The van der Waals surface area contributed by atoms with Gasteiger partial charge in [-0.2, -0.15) is 5.26 Å². The number of nitrogens with zero attached hydrogens (tertiary/aromatic N) is 2. The Morgan fingerprint density at radius 1 is 1.55 bits per heavy atom. The van der Waals surface area contributed by atoms with E-state index in [-0.39, 0.29) is 18.5 Å². The fourth-order valence-electron chi connectivity index (χ4n) is 2.25. The average Bonchev–Trinajstić information content (AvgIpc) is 2.47. The molecule has 1 aromatic rings.